The number of rotatable bonds is 5. The Morgan fingerprint density at radius 1 is 1.27 bits per heavy atom. The Bertz CT molecular complexity index is 758. The lowest BCUT2D eigenvalue weighted by Crippen LogP contribution is -2.39. The zero-order chi connectivity index (χ0) is 18.5. The fourth-order valence-electron chi connectivity index (χ4n) is 3.14. The minimum Gasteiger partial charge on any atom is -0.352 e. The zero-order valence-electron chi connectivity index (χ0n) is 14.8. The summed E-state index contributed by atoms with van der Waals surface area (Å²) in [4.78, 5) is 12.5. The Labute approximate surface area is 162 Å². The van der Waals surface area contributed by atoms with Gasteiger partial charge in [0, 0.05) is 11.6 Å². The first-order valence-corrected chi connectivity index (χ1v) is 10.2. The molecule has 0 saturated heterocycles. The topological polar surface area (TPSA) is 85.8 Å². The molecule has 0 spiro atoms. The lowest BCUT2D eigenvalue weighted by molar-refractivity contribution is -0.121. The van der Waals surface area contributed by atoms with Crippen molar-refractivity contribution in [2.24, 2.45) is 0 Å². The monoisotopic (exact) mass is 393 g/mol. The maximum atomic E-state index is 12.5. The summed E-state index contributed by atoms with van der Waals surface area (Å²) in [5.41, 5.74) is 0.714. The van der Waals surface area contributed by atoms with Crippen LogP contribution in [0.25, 0.3) is 11.4 Å². The summed E-state index contributed by atoms with van der Waals surface area (Å²) in [6.07, 6.45) is 7.02. The lowest BCUT2D eigenvalue weighted by Gasteiger charge is -2.19. The van der Waals surface area contributed by atoms with Crippen LogP contribution in [0, 0.1) is 0 Å². The van der Waals surface area contributed by atoms with Crippen molar-refractivity contribution in [3.05, 3.63) is 29.3 Å². The van der Waals surface area contributed by atoms with Crippen molar-refractivity contribution in [1.29, 1.82) is 0 Å². The van der Waals surface area contributed by atoms with Gasteiger partial charge in [-0.25, -0.2) is 4.68 Å². The number of aromatic nitrogens is 3. The van der Waals surface area contributed by atoms with Crippen molar-refractivity contribution >= 4 is 29.3 Å². The fourth-order valence-corrected chi connectivity index (χ4v) is 4.14. The number of nitrogen functional groups attached to an aromatic ring is 1. The normalized spacial score (nSPS) is 16.8. The van der Waals surface area contributed by atoms with Gasteiger partial charge in [0.25, 0.3) is 0 Å². The number of benzene rings is 1. The highest BCUT2D eigenvalue weighted by Gasteiger charge is 2.23. The number of nitrogens with two attached hydrogens (primary N) is 1. The van der Waals surface area contributed by atoms with Crippen LogP contribution in [0.5, 0.6) is 0 Å². The summed E-state index contributed by atoms with van der Waals surface area (Å²) in [5, 5.41) is 12.2. The van der Waals surface area contributed by atoms with Gasteiger partial charge < -0.3 is 11.2 Å². The number of halogens is 1. The lowest BCUT2D eigenvalue weighted by atomic mass is 10.1. The third kappa shape index (κ3) is 4.51. The van der Waals surface area contributed by atoms with E-state index < -0.39 is 0 Å². The van der Waals surface area contributed by atoms with E-state index in [4.69, 9.17) is 17.4 Å². The molecule has 1 fully saturated rings. The molecule has 1 heterocycles. The summed E-state index contributed by atoms with van der Waals surface area (Å²) in [6, 6.07) is 7.61. The number of nitrogens with one attached hydrogen (secondary N) is 1. The molecule has 1 amide bonds. The van der Waals surface area contributed by atoms with E-state index in [1.54, 1.807) is 6.07 Å². The van der Waals surface area contributed by atoms with E-state index in [-0.39, 0.29) is 17.2 Å². The Kier molecular flexibility index (Phi) is 6.43. The molecule has 0 radical (unpaired) electrons. The summed E-state index contributed by atoms with van der Waals surface area (Å²) in [5.74, 6) is 6.64. The van der Waals surface area contributed by atoms with Gasteiger partial charge in [-0.3, -0.25) is 4.79 Å². The Morgan fingerprint density at radius 2 is 1.96 bits per heavy atom. The summed E-state index contributed by atoms with van der Waals surface area (Å²) in [7, 11) is 0. The number of hydrogen-bond donors (Lipinski definition) is 2. The van der Waals surface area contributed by atoms with Crippen molar-refractivity contribution in [1.82, 2.24) is 20.2 Å². The third-order valence-electron chi connectivity index (χ3n) is 4.63. The minimum absolute atomic E-state index is 0.0178. The van der Waals surface area contributed by atoms with E-state index >= 15 is 0 Å². The van der Waals surface area contributed by atoms with Gasteiger partial charge in [0.15, 0.2) is 5.82 Å². The first-order chi connectivity index (χ1) is 12.6. The first kappa shape index (κ1) is 19.0. The van der Waals surface area contributed by atoms with Crippen molar-refractivity contribution in [2.45, 2.75) is 61.9 Å². The average molecular weight is 394 g/mol. The maximum absolute atomic E-state index is 12.5. The smallest absolute Gasteiger partial charge is 0.233 e. The summed E-state index contributed by atoms with van der Waals surface area (Å²) >= 11 is 7.51. The van der Waals surface area contributed by atoms with Gasteiger partial charge >= 0.3 is 0 Å². The van der Waals surface area contributed by atoms with Crippen LogP contribution in [0.15, 0.2) is 29.4 Å². The second-order valence-electron chi connectivity index (χ2n) is 6.61. The number of amides is 1. The van der Waals surface area contributed by atoms with Crippen LogP contribution in [0.1, 0.15) is 45.4 Å². The maximum Gasteiger partial charge on any atom is 0.233 e. The Balaban J connectivity index is 1.65. The first-order valence-electron chi connectivity index (χ1n) is 8.98. The van der Waals surface area contributed by atoms with E-state index in [9.17, 15) is 4.79 Å². The van der Waals surface area contributed by atoms with E-state index in [0.29, 0.717) is 21.6 Å². The molecule has 1 aromatic carbocycles. The third-order valence-corrected chi connectivity index (χ3v) is 6.02. The van der Waals surface area contributed by atoms with Gasteiger partial charge in [0.05, 0.1) is 10.3 Å². The second kappa shape index (κ2) is 8.77. The van der Waals surface area contributed by atoms with E-state index in [0.717, 1.165) is 12.8 Å². The van der Waals surface area contributed by atoms with Gasteiger partial charge in [-0.05, 0) is 31.9 Å². The molecule has 1 aliphatic rings. The van der Waals surface area contributed by atoms with Gasteiger partial charge in [0.2, 0.25) is 11.1 Å². The minimum atomic E-state index is -0.302. The molecule has 1 aromatic heterocycles. The van der Waals surface area contributed by atoms with Crippen molar-refractivity contribution in [2.75, 3.05) is 5.84 Å². The zero-order valence-corrected chi connectivity index (χ0v) is 16.4. The highest BCUT2D eigenvalue weighted by atomic mass is 35.5. The molecule has 0 aliphatic heterocycles. The Morgan fingerprint density at radius 3 is 2.65 bits per heavy atom. The molecule has 2 aromatic rings. The Hall–Kier alpha value is -1.73. The van der Waals surface area contributed by atoms with Crippen LogP contribution >= 0.6 is 23.4 Å². The SMILES string of the molecule is C[C@H](Sc1nnc(-c2ccccc2Cl)n1N)C(=O)NC1CCCCCC1. The fraction of sp³-hybridized carbons (Fsp3) is 0.500. The highest BCUT2D eigenvalue weighted by molar-refractivity contribution is 8.00. The van der Waals surface area contributed by atoms with Crippen LogP contribution in [-0.4, -0.2) is 32.1 Å². The standard InChI is InChI=1S/C18H24ClN5OS/c1-12(17(25)21-13-8-4-2-3-5-9-13)26-18-23-22-16(24(18)20)14-10-6-7-11-15(14)19/h6-7,10-13H,2-5,8-9,20H2,1H3,(H,21,25)/t12-/m0/s1. The van der Waals surface area contributed by atoms with Crippen molar-refractivity contribution in [3.8, 4) is 11.4 Å². The quantitative estimate of drug-likeness (QED) is 0.460. The molecule has 6 nitrogen and oxygen atoms in total. The number of thioether (sulfide) groups is 1. The molecule has 1 aliphatic carbocycles. The predicted octanol–water partition coefficient (Wildman–Crippen LogP) is 3.63. The average Bonchev–Trinajstić information content (AvgIpc) is 2.83. The van der Waals surface area contributed by atoms with Gasteiger partial charge in [0.1, 0.15) is 0 Å². The molecular formula is C18H24ClN5OS. The molecule has 140 valence electrons. The number of nitrogens with zero attached hydrogens (tertiary/aromatic N) is 3. The molecule has 26 heavy (non-hydrogen) atoms. The largest absolute Gasteiger partial charge is 0.352 e. The van der Waals surface area contributed by atoms with Gasteiger partial charge in [-0.15, -0.1) is 10.2 Å². The predicted molar refractivity (Wildman–Crippen MR) is 106 cm³/mol. The van der Waals surface area contributed by atoms with Crippen LogP contribution in [0.4, 0.5) is 0 Å². The van der Waals surface area contributed by atoms with E-state index in [1.165, 1.54) is 42.1 Å². The highest BCUT2D eigenvalue weighted by Crippen LogP contribution is 2.29. The molecule has 0 unspecified atom stereocenters. The molecule has 3 rings (SSSR count). The van der Waals surface area contributed by atoms with Crippen LogP contribution < -0.4 is 11.2 Å². The van der Waals surface area contributed by atoms with Gasteiger partial charge in [-0.1, -0.05) is 61.2 Å². The molecule has 1 atom stereocenters. The van der Waals surface area contributed by atoms with Crippen LogP contribution in [-0.2, 0) is 4.79 Å². The second-order valence-corrected chi connectivity index (χ2v) is 8.33. The molecular weight excluding hydrogens is 370 g/mol. The number of hydrogen-bond acceptors (Lipinski definition) is 5. The van der Waals surface area contributed by atoms with Crippen LogP contribution in [0.2, 0.25) is 5.02 Å². The molecule has 3 N–H and O–H groups in total. The molecule has 8 heteroatoms. The number of carbonyl (C=O) groups excluding carboxylic acids is 1. The molecule has 0 bridgehead atoms. The van der Waals surface area contributed by atoms with E-state index in [2.05, 4.69) is 15.5 Å². The van der Waals surface area contributed by atoms with Crippen molar-refractivity contribution in [3.63, 3.8) is 0 Å². The van der Waals surface area contributed by atoms with Crippen LogP contribution in [0.3, 0.4) is 0 Å². The summed E-state index contributed by atoms with van der Waals surface area (Å²) < 4.78 is 1.39. The van der Waals surface area contributed by atoms with Crippen molar-refractivity contribution < 1.29 is 4.79 Å². The van der Waals surface area contributed by atoms with Gasteiger partial charge in [-0.2, -0.15) is 0 Å². The summed E-state index contributed by atoms with van der Waals surface area (Å²) in [6.45, 7) is 1.86. The van der Waals surface area contributed by atoms with E-state index in [1.807, 2.05) is 25.1 Å². The number of carbonyl (C=O) groups is 1. The molecule has 1 saturated carbocycles.